The van der Waals surface area contributed by atoms with Crippen molar-refractivity contribution in [3.8, 4) is 11.4 Å². The first kappa shape index (κ1) is 24.3. The number of hydrogen-bond donors (Lipinski definition) is 1. The molecule has 4 aromatic rings. The van der Waals surface area contributed by atoms with Crippen LogP contribution in [0.3, 0.4) is 0 Å². The second kappa shape index (κ2) is 9.55. The molecule has 0 radical (unpaired) electrons. The highest BCUT2D eigenvalue weighted by Gasteiger charge is 2.48. The number of benzene rings is 2. The zero-order valence-corrected chi connectivity index (χ0v) is 21.2. The molecule has 0 saturated heterocycles. The van der Waals surface area contributed by atoms with Gasteiger partial charge >= 0.3 is 5.91 Å². The molecular weight excluding hydrogens is 492 g/mol. The number of hydrogen-bond acceptors (Lipinski definition) is 4. The number of aromatic amines is 1. The predicted molar refractivity (Wildman–Crippen MR) is 141 cm³/mol. The third-order valence-corrected chi connectivity index (χ3v) is 6.47. The maximum Gasteiger partial charge on any atom is 0.331 e. The number of nitrogens with one attached hydrogen (secondary N) is 1. The van der Waals surface area contributed by atoms with Gasteiger partial charge in [0, 0.05) is 22.3 Å². The number of pyridine rings is 1. The summed E-state index contributed by atoms with van der Waals surface area (Å²) in [7, 11) is 1.54. The molecule has 186 valence electrons. The number of imide groups is 1. The number of nitrogens with zero attached hydrogens (tertiary/aromatic N) is 3. The minimum atomic E-state index is -0.580. The van der Waals surface area contributed by atoms with Gasteiger partial charge in [0.05, 0.1) is 24.0 Å². The topological polar surface area (TPSA) is 88.3 Å². The maximum absolute atomic E-state index is 14.0. The average Bonchev–Trinajstić information content (AvgIpc) is 3.36. The Morgan fingerprint density at radius 1 is 0.973 bits per heavy atom. The molecular formula is C28H24ClN4O4+. The number of anilines is 1. The van der Waals surface area contributed by atoms with E-state index in [-0.39, 0.29) is 16.8 Å². The zero-order chi connectivity index (χ0) is 26.3. The summed E-state index contributed by atoms with van der Waals surface area (Å²) in [4.78, 5) is 42.7. The van der Waals surface area contributed by atoms with Crippen LogP contribution in [0, 0.1) is 6.92 Å². The molecule has 2 aromatic heterocycles. The van der Waals surface area contributed by atoms with Crippen molar-refractivity contribution in [2.45, 2.75) is 20.3 Å². The van der Waals surface area contributed by atoms with Gasteiger partial charge in [-0.3, -0.25) is 19.5 Å². The number of ether oxygens (including phenoxy) is 1. The van der Waals surface area contributed by atoms with Crippen molar-refractivity contribution in [3.05, 3.63) is 105 Å². The molecule has 0 bridgehead atoms. The van der Waals surface area contributed by atoms with E-state index in [1.165, 1.54) is 11.8 Å². The number of rotatable bonds is 6. The normalized spacial score (nSPS) is 13.6. The third kappa shape index (κ3) is 4.15. The fraction of sp³-hybridized carbons (Fsp3) is 0.143. The van der Waals surface area contributed by atoms with Crippen molar-refractivity contribution in [3.63, 3.8) is 0 Å². The standard InChI is InChI=1S/C28H23ClN4O4/c1-4-22-23(27(35)33(30-22)20-9-5-8-18(29)15-20)24-25(31-14-6-7-17(2)16-31)28(36)32(26(24)34)19-10-12-21(37-3)13-11-19/h5-16H,4H2,1-3H3/p+1. The minimum Gasteiger partial charge on any atom is -0.497 e. The fourth-order valence-electron chi connectivity index (χ4n) is 4.47. The molecule has 0 saturated carbocycles. The molecule has 0 spiro atoms. The fourth-order valence-corrected chi connectivity index (χ4v) is 4.66. The van der Waals surface area contributed by atoms with E-state index in [0.717, 1.165) is 10.5 Å². The number of aryl methyl sites for hydroxylation is 2. The maximum atomic E-state index is 14.0. The van der Waals surface area contributed by atoms with E-state index < -0.39 is 17.4 Å². The molecule has 37 heavy (non-hydrogen) atoms. The lowest BCUT2D eigenvalue weighted by molar-refractivity contribution is -0.577. The quantitative estimate of drug-likeness (QED) is 0.311. The lowest BCUT2D eigenvalue weighted by atomic mass is 10.0. The number of amides is 2. The van der Waals surface area contributed by atoms with Crippen LogP contribution in [0.15, 0.2) is 77.9 Å². The first-order valence-electron chi connectivity index (χ1n) is 11.7. The van der Waals surface area contributed by atoms with E-state index >= 15 is 0 Å². The Morgan fingerprint density at radius 3 is 2.38 bits per heavy atom. The highest BCUT2D eigenvalue weighted by atomic mass is 35.5. The Balaban J connectivity index is 1.76. The van der Waals surface area contributed by atoms with Gasteiger partial charge in [-0.05, 0) is 61.9 Å². The molecule has 2 amide bonds. The summed E-state index contributed by atoms with van der Waals surface area (Å²) >= 11 is 6.17. The minimum absolute atomic E-state index is 0.0373. The average molecular weight is 516 g/mol. The molecule has 5 rings (SSSR count). The molecule has 2 aromatic carbocycles. The van der Waals surface area contributed by atoms with E-state index in [0.29, 0.717) is 34.3 Å². The van der Waals surface area contributed by atoms with Crippen molar-refractivity contribution in [2.75, 3.05) is 12.0 Å². The van der Waals surface area contributed by atoms with Gasteiger partial charge in [0.1, 0.15) is 11.3 Å². The van der Waals surface area contributed by atoms with Gasteiger partial charge in [-0.25, -0.2) is 9.58 Å². The molecule has 0 unspecified atom stereocenters. The summed E-state index contributed by atoms with van der Waals surface area (Å²) in [5, 5.41) is 3.58. The van der Waals surface area contributed by atoms with Crippen LogP contribution >= 0.6 is 11.6 Å². The van der Waals surface area contributed by atoms with Crippen LogP contribution in [0.2, 0.25) is 5.02 Å². The van der Waals surface area contributed by atoms with Crippen molar-refractivity contribution < 1.29 is 18.9 Å². The highest BCUT2D eigenvalue weighted by molar-refractivity contribution is 6.53. The van der Waals surface area contributed by atoms with Crippen molar-refractivity contribution in [1.82, 2.24) is 9.78 Å². The van der Waals surface area contributed by atoms with Gasteiger partial charge in [-0.1, -0.05) is 24.6 Å². The number of carbonyl (C=O) groups excluding carboxylic acids is 2. The number of methoxy groups -OCH3 is 1. The van der Waals surface area contributed by atoms with Crippen LogP contribution < -0.4 is 19.8 Å². The lowest BCUT2D eigenvalue weighted by Gasteiger charge is -2.14. The van der Waals surface area contributed by atoms with Gasteiger partial charge in [-0.2, -0.15) is 4.57 Å². The third-order valence-electron chi connectivity index (χ3n) is 6.23. The van der Waals surface area contributed by atoms with Crippen LogP contribution in [0.4, 0.5) is 5.69 Å². The number of aromatic nitrogens is 3. The Morgan fingerprint density at radius 2 is 1.73 bits per heavy atom. The van der Waals surface area contributed by atoms with E-state index in [2.05, 4.69) is 5.10 Å². The van der Waals surface area contributed by atoms with Crippen LogP contribution in [0.5, 0.6) is 5.75 Å². The molecule has 0 fully saturated rings. The molecule has 3 heterocycles. The SMILES string of the molecule is CCc1[nH]n(-c2cccc(Cl)c2)c(=O)c1C1=C([n+]2cccc(C)c2)C(=O)N(c2ccc(OC)cc2)C1=O. The number of carbonyl (C=O) groups is 2. The van der Waals surface area contributed by atoms with E-state index in [9.17, 15) is 14.4 Å². The van der Waals surface area contributed by atoms with Gasteiger partial charge in [0.25, 0.3) is 17.2 Å². The molecule has 1 aliphatic rings. The van der Waals surface area contributed by atoms with Crippen LogP contribution in [0.1, 0.15) is 23.7 Å². The summed E-state index contributed by atoms with van der Waals surface area (Å²) in [6.45, 7) is 3.76. The van der Waals surface area contributed by atoms with Crippen molar-refractivity contribution >= 4 is 40.4 Å². The zero-order valence-electron chi connectivity index (χ0n) is 20.5. The largest absolute Gasteiger partial charge is 0.497 e. The van der Waals surface area contributed by atoms with Crippen LogP contribution in [0.25, 0.3) is 17.0 Å². The Kier molecular flexibility index (Phi) is 6.27. The van der Waals surface area contributed by atoms with Crippen molar-refractivity contribution in [1.29, 1.82) is 0 Å². The molecule has 1 N–H and O–H groups in total. The van der Waals surface area contributed by atoms with Crippen molar-refractivity contribution in [2.24, 2.45) is 0 Å². The molecule has 8 nitrogen and oxygen atoms in total. The monoisotopic (exact) mass is 515 g/mol. The van der Waals surface area contributed by atoms with Gasteiger partial charge in [-0.15, -0.1) is 0 Å². The van der Waals surface area contributed by atoms with E-state index in [4.69, 9.17) is 16.3 Å². The predicted octanol–water partition coefficient (Wildman–Crippen LogP) is 3.93. The van der Waals surface area contributed by atoms with Gasteiger partial charge < -0.3 is 4.74 Å². The summed E-state index contributed by atoms with van der Waals surface area (Å²) in [6, 6.07) is 17.1. The number of H-pyrrole nitrogens is 1. The van der Waals surface area contributed by atoms with E-state index in [1.54, 1.807) is 71.6 Å². The summed E-state index contributed by atoms with van der Waals surface area (Å²) < 4.78 is 8.17. The number of halogens is 1. The summed E-state index contributed by atoms with van der Waals surface area (Å²) in [6.07, 6.45) is 3.88. The van der Waals surface area contributed by atoms with Gasteiger partial charge in [0.15, 0.2) is 12.4 Å². The van der Waals surface area contributed by atoms with Crippen LogP contribution in [-0.2, 0) is 16.0 Å². The van der Waals surface area contributed by atoms with E-state index in [1.807, 2.05) is 19.9 Å². The Hall–Kier alpha value is -4.43. The Labute approximate surface area is 218 Å². The van der Waals surface area contributed by atoms with Crippen LogP contribution in [-0.4, -0.2) is 28.7 Å². The highest BCUT2D eigenvalue weighted by Crippen LogP contribution is 2.34. The molecule has 0 aliphatic carbocycles. The second-order valence-corrected chi connectivity index (χ2v) is 9.03. The summed E-state index contributed by atoms with van der Waals surface area (Å²) in [5.41, 5.74) is 2.16. The smallest absolute Gasteiger partial charge is 0.331 e. The second-order valence-electron chi connectivity index (χ2n) is 8.60. The lowest BCUT2D eigenvalue weighted by Crippen LogP contribution is -2.39. The first-order valence-corrected chi connectivity index (χ1v) is 12.1. The first-order chi connectivity index (χ1) is 17.8. The molecule has 0 atom stereocenters. The Bertz CT molecular complexity index is 1630. The summed E-state index contributed by atoms with van der Waals surface area (Å²) in [5.74, 6) is -0.520. The molecule has 1 aliphatic heterocycles. The van der Waals surface area contributed by atoms with Gasteiger partial charge in [0.2, 0.25) is 0 Å². The molecule has 9 heteroatoms.